The van der Waals surface area contributed by atoms with Crippen molar-refractivity contribution in [1.82, 2.24) is 14.1 Å². The van der Waals surface area contributed by atoms with Crippen LogP contribution < -0.4 is 10.9 Å². The number of hydrogen-bond donors (Lipinski definition) is 1. The van der Waals surface area contributed by atoms with Crippen molar-refractivity contribution in [3.05, 3.63) is 57.8 Å². The number of rotatable bonds is 5. The number of esters is 1. The molecule has 31 heavy (non-hydrogen) atoms. The van der Waals surface area contributed by atoms with Gasteiger partial charge in [0.05, 0.1) is 17.7 Å². The molecule has 2 aromatic heterocycles. The number of amides is 1. The molecule has 1 aliphatic heterocycles. The number of aromatic nitrogens is 3. The molecule has 3 aromatic rings. The van der Waals surface area contributed by atoms with Gasteiger partial charge in [-0.1, -0.05) is 6.42 Å². The summed E-state index contributed by atoms with van der Waals surface area (Å²) >= 11 is 0. The molecule has 0 aliphatic carbocycles. The molecule has 4 rings (SSSR count). The number of benzene rings is 1. The van der Waals surface area contributed by atoms with Gasteiger partial charge in [-0.25, -0.2) is 9.78 Å². The number of fused-ring (bicyclic) bond motifs is 2. The number of nitrogens with zero attached hydrogens (tertiary/aromatic N) is 3. The summed E-state index contributed by atoms with van der Waals surface area (Å²) in [5.74, 6) is 0.170. The van der Waals surface area contributed by atoms with Gasteiger partial charge in [-0.3, -0.25) is 14.2 Å². The third-order valence-corrected chi connectivity index (χ3v) is 5.56. The van der Waals surface area contributed by atoms with Crippen LogP contribution in [0.4, 0.5) is 5.69 Å². The minimum Gasteiger partial charge on any atom is -0.462 e. The molecule has 3 heterocycles. The highest BCUT2D eigenvalue weighted by atomic mass is 16.5. The van der Waals surface area contributed by atoms with Crippen LogP contribution in [0, 0.1) is 6.92 Å². The molecule has 0 unspecified atom stereocenters. The molecule has 0 radical (unpaired) electrons. The summed E-state index contributed by atoms with van der Waals surface area (Å²) in [7, 11) is 0. The van der Waals surface area contributed by atoms with Crippen LogP contribution in [0.5, 0.6) is 0 Å². The minimum atomic E-state index is -0.401. The quantitative estimate of drug-likeness (QED) is 0.638. The molecular weight excluding hydrogens is 396 g/mol. The zero-order valence-corrected chi connectivity index (χ0v) is 17.8. The van der Waals surface area contributed by atoms with Crippen LogP contribution in [-0.4, -0.2) is 32.6 Å². The van der Waals surface area contributed by atoms with Crippen molar-refractivity contribution >= 4 is 28.6 Å². The smallest absolute Gasteiger partial charge is 0.338 e. The van der Waals surface area contributed by atoms with Gasteiger partial charge in [0, 0.05) is 24.3 Å². The normalized spacial score (nSPS) is 13.5. The largest absolute Gasteiger partial charge is 0.462 e. The molecule has 8 heteroatoms. The number of aryl methyl sites for hydroxylation is 2. The average molecular weight is 422 g/mol. The molecule has 0 bridgehead atoms. The van der Waals surface area contributed by atoms with E-state index in [9.17, 15) is 14.4 Å². The lowest BCUT2D eigenvalue weighted by Gasteiger charge is -2.12. The molecule has 1 amide bonds. The molecule has 1 aromatic carbocycles. The van der Waals surface area contributed by atoms with Gasteiger partial charge >= 0.3 is 5.97 Å². The van der Waals surface area contributed by atoms with Gasteiger partial charge in [-0.15, -0.1) is 0 Å². The van der Waals surface area contributed by atoms with E-state index in [0.717, 1.165) is 37.2 Å². The average Bonchev–Trinajstić information content (AvgIpc) is 2.90. The van der Waals surface area contributed by atoms with E-state index in [1.54, 1.807) is 40.3 Å². The van der Waals surface area contributed by atoms with E-state index in [0.29, 0.717) is 35.4 Å². The maximum atomic E-state index is 13.2. The van der Waals surface area contributed by atoms with E-state index >= 15 is 0 Å². The third-order valence-electron chi connectivity index (χ3n) is 5.56. The molecular formula is C23H26N4O4. The molecule has 0 spiro atoms. The molecule has 8 nitrogen and oxygen atoms in total. The van der Waals surface area contributed by atoms with Crippen LogP contribution in [0.1, 0.15) is 48.1 Å². The highest BCUT2D eigenvalue weighted by Crippen LogP contribution is 2.19. The summed E-state index contributed by atoms with van der Waals surface area (Å²) in [6, 6.07) is 8.39. The van der Waals surface area contributed by atoms with Gasteiger partial charge in [0.15, 0.2) is 0 Å². The van der Waals surface area contributed by atoms with E-state index in [1.807, 2.05) is 13.0 Å². The maximum absolute atomic E-state index is 13.2. The summed E-state index contributed by atoms with van der Waals surface area (Å²) in [4.78, 5) is 42.4. The zero-order valence-electron chi connectivity index (χ0n) is 17.8. The SMILES string of the molecule is CCOC(=O)c1ccc(NC(=O)Cn2c(C)cc3nc4n(c(=O)c32)CCCCC4)cc1. The molecule has 0 saturated carbocycles. The first-order valence-electron chi connectivity index (χ1n) is 10.6. The fourth-order valence-corrected chi connectivity index (χ4v) is 4.02. The van der Waals surface area contributed by atoms with E-state index < -0.39 is 5.97 Å². The van der Waals surface area contributed by atoms with Crippen LogP contribution in [0.2, 0.25) is 0 Å². The van der Waals surface area contributed by atoms with Crippen molar-refractivity contribution in [2.24, 2.45) is 0 Å². The van der Waals surface area contributed by atoms with Crippen molar-refractivity contribution < 1.29 is 14.3 Å². The molecule has 0 saturated heterocycles. The monoisotopic (exact) mass is 422 g/mol. The zero-order chi connectivity index (χ0) is 22.0. The van der Waals surface area contributed by atoms with Crippen molar-refractivity contribution in [1.29, 1.82) is 0 Å². The first kappa shape index (κ1) is 20.8. The maximum Gasteiger partial charge on any atom is 0.338 e. The lowest BCUT2D eigenvalue weighted by atomic mass is 10.2. The predicted octanol–water partition coefficient (Wildman–Crippen LogP) is 3.05. The topological polar surface area (TPSA) is 95.2 Å². The summed E-state index contributed by atoms with van der Waals surface area (Å²) in [6.07, 6.45) is 3.89. The van der Waals surface area contributed by atoms with Gasteiger partial charge in [-0.2, -0.15) is 0 Å². The Labute approximate surface area is 179 Å². The van der Waals surface area contributed by atoms with Gasteiger partial charge in [0.1, 0.15) is 17.9 Å². The number of carbonyl (C=O) groups is 2. The summed E-state index contributed by atoms with van der Waals surface area (Å²) < 4.78 is 8.45. The number of carbonyl (C=O) groups excluding carboxylic acids is 2. The third kappa shape index (κ3) is 4.23. The Balaban J connectivity index is 1.56. The number of nitrogens with one attached hydrogen (secondary N) is 1. The van der Waals surface area contributed by atoms with Gasteiger partial charge in [0.2, 0.25) is 5.91 Å². The van der Waals surface area contributed by atoms with E-state index in [2.05, 4.69) is 5.32 Å². The van der Waals surface area contributed by atoms with Crippen LogP contribution in [0.3, 0.4) is 0 Å². The van der Waals surface area contributed by atoms with Crippen molar-refractivity contribution in [3.63, 3.8) is 0 Å². The Bertz CT molecular complexity index is 1190. The van der Waals surface area contributed by atoms with Crippen LogP contribution in [0.25, 0.3) is 11.0 Å². The van der Waals surface area contributed by atoms with E-state index in [4.69, 9.17) is 9.72 Å². The Kier molecular flexibility index (Phi) is 5.88. The van der Waals surface area contributed by atoms with Crippen molar-refractivity contribution in [3.8, 4) is 0 Å². The molecule has 0 atom stereocenters. The van der Waals surface area contributed by atoms with Gasteiger partial charge in [-0.05, 0) is 57.0 Å². The number of anilines is 1. The first-order chi connectivity index (χ1) is 15.0. The Hall–Kier alpha value is -3.42. The fraction of sp³-hybridized carbons (Fsp3) is 0.391. The predicted molar refractivity (Wildman–Crippen MR) is 117 cm³/mol. The molecule has 0 fully saturated rings. The standard InChI is InChI=1S/C23H26N4O4/c1-3-31-23(30)16-8-10-17(11-9-16)24-20(28)14-27-15(2)13-18-21(27)22(29)26-12-6-4-5-7-19(26)25-18/h8-11,13H,3-7,12,14H2,1-2H3,(H,24,28). The lowest BCUT2D eigenvalue weighted by Crippen LogP contribution is -2.28. The van der Waals surface area contributed by atoms with Crippen molar-refractivity contribution in [2.75, 3.05) is 11.9 Å². The van der Waals surface area contributed by atoms with Crippen LogP contribution in [0.15, 0.2) is 35.1 Å². The van der Waals surface area contributed by atoms with Gasteiger partial charge in [0.25, 0.3) is 5.56 Å². The Morgan fingerprint density at radius 1 is 1.16 bits per heavy atom. The minimum absolute atomic E-state index is 0.00519. The summed E-state index contributed by atoms with van der Waals surface area (Å²) in [5.41, 5.74) is 2.83. The number of hydrogen-bond acceptors (Lipinski definition) is 5. The lowest BCUT2D eigenvalue weighted by molar-refractivity contribution is -0.116. The fourth-order valence-electron chi connectivity index (χ4n) is 4.02. The second kappa shape index (κ2) is 8.75. The molecule has 162 valence electrons. The highest BCUT2D eigenvalue weighted by molar-refractivity contribution is 5.93. The Morgan fingerprint density at radius 3 is 2.68 bits per heavy atom. The second-order valence-corrected chi connectivity index (χ2v) is 7.75. The number of ether oxygens (including phenoxy) is 1. The van der Waals surface area contributed by atoms with Crippen molar-refractivity contribution in [2.45, 2.75) is 52.6 Å². The highest BCUT2D eigenvalue weighted by Gasteiger charge is 2.19. The summed E-state index contributed by atoms with van der Waals surface area (Å²) in [6.45, 7) is 4.60. The van der Waals surface area contributed by atoms with Crippen LogP contribution >= 0.6 is 0 Å². The molecule has 1 aliphatic rings. The Morgan fingerprint density at radius 2 is 1.94 bits per heavy atom. The first-order valence-corrected chi connectivity index (χ1v) is 10.6. The van der Waals surface area contributed by atoms with E-state index in [1.165, 1.54) is 0 Å². The van der Waals surface area contributed by atoms with Gasteiger partial charge < -0.3 is 14.6 Å². The molecule has 1 N–H and O–H groups in total. The van der Waals surface area contributed by atoms with E-state index in [-0.39, 0.29) is 18.0 Å². The summed E-state index contributed by atoms with van der Waals surface area (Å²) in [5, 5.41) is 2.82. The second-order valence-electron chi connectivity index (χ2n) is 7.75. The van der Waals surface area contributed by atoms with Crippen LogP contribution in [-0.2, 0) is 29.0 Å².